The molecule has 4 aromatic carbocycles. The van der Waals surface area contributed by atoms with E-state index in [1.807, 2.05) is 26.0 Å². The van der Waals surface area contributed by atoms with Gasteiger partial charge in [-0.2, -0.15) is 0 Å². The highest BCUT2D eigenvalue weighted by molar-refractivity contribution is 7.93. The van der Waals surface area contributed by atoms with Gasteiger partial charge >= 0.3 is 5.97 Å². The molecule has 0 spiro atoms. The zero-order valence-electron chi connectivity index (χ0n) is 18.2. The molecule has 0 saturated heterocycles. The maximum absolute atomic E-state index is 13.2. The third-order valence-electron chi connectivity index (χ3n) is 5.25. The highest BCUT2D eigenvalue weighted by Gasteiger charge is 2.24. The minimum Gasteiger partial charge on any atom is -0.506 e. The smallest absolute Gasteiger partial charge is 0.339 e. The minimum atomic E-state index is -4.18. The molecule has 0 fully saturated rings. The maximum atomic E-state index is 13.2. The van der Waals surface area contributed by atoms with Gasteiger partial charge in [0.05, 0.1) is 4.90 Å². The Hall–Kier alpha value is -3.75. The molecule has 7 nitrogen and oxygen atoms in total. The fraction of sp³-hybridized carbons (Fsp3) is 0.0800. The number of carboxylic acids is 1. The zero-order chi connectivity index (χ0) is 24.6. The number of phenols is 1. The number of aromatic carboxylic acids is 1. The average Bonchev–Trinajstić information content (AvgIpc) is 2.78. The molecule has 0 heterocycles. The molecule has 4 rings (SSSR count). The summed E-state index contributed by atoms with van der Waals surface area (Å²) in [6.07, 6.45) is 0. The molecule has 0 atom stereocenters. The van der Waals surface area contributed by atoms with Gasteiger partial charge in [-0.05, 0) is 67.4 Å². The number of fused-ring (bicyclic) bond motifs is 1. The summed E-state index contributed by atoms with van der Waals surface area (Å²) in [5, 5.41) is 20.7. The van der Waals surface area contributed by atoms with E-state index in [1.165, 1.54) is 24.3 Å². The Bertz CT molecular complexity index is 1510. The third-order valence-corrected chi connectivity index (χ3v) is 7.27. The molecule has 4 aromatic rings. The molecule has 0 unspecified atom stereocenters. The second kappa shape index (κ2) is 8.89. The summed E-state index contributed by atoms with van der Waals surface area (Å²) in [6.45, 7) is 3.76. The highest BCUT2D eigenvalue weighted by atomic mass is 35.5. The Morgan fingerprint density at radius 1 is 0.912 bits per heavy atom. The first-order chi connectivity index (χ1) is 16.1. The zero-order valence-corrected chi connectivity index (χ0v) is 19.7. The molecule has 34 heavy (non-hydrogen) atoms. The van der Waals surface area contributed by atoms with Gasteiger partial charge in [-0.1, -0.05) is 35.9 Å². The van der Waals surface area contributed by atoms with Crippen molar-refractivity contribution in [2.45, 2.75) is 18.7 Å². The number of rotatable bonds is 6. The van der Waals surface area contributed by atoms with Gasteiger partial charge in [0.25, 0.3) is 10.0 Å². The Labute approximate surface area is 201 Å². The molecule has 0 saturated carbocycles. The number of nitrogens with one attached hydrogen (secondary N) is 1. The largest absolute Gasteiger partial charge is 0.506 e. The Kier molecular flexibility index (Phi) is 6.12. The van der Waals surface area contributed by atoms with E-state index in [2.05, 4.69) is 4.72 Å². The summed E-state index contributed by atoms with van der Waals surface area (Å²) in [5.74, 6) is -0.832. The van der Waals surface area contributed by atoms with Crippen LogP contribution in [0.5, 0.6) is 17.2 Å². The lowest BCUT2D eigenvalue weighted by Crippen LogP contribution is -2.14. The first-order valence-electron chi connectivity index (χ1n) is 10.1. The molecule has 0 radical (unpaired) electrons. The second-order valence-electron chi connectivity index (χ2n) is 7.72. The monoisotopic (exact) mass is 497 g/mol. The van der Waals surface area contributed by atoms with Crippen molar-refractivity contribution in [3.8, 4) is 17.2 Å². The number of benzene rings is 4. The quantitative estimate of drug-likeness (QED) is 0.296. The van der Waals surface area contributed by atoms with Crippen molar-refractivity contribution >= 4 is 44.1 Å². The molecule has 174 valence electrons. The lowest BCUT2D eigenvalue weighted by atomic mass is 10.1. The fourth-order valence-corrected chi connectivity index (χ4v) is 5.02. The van der Waals surface area contributed by atoms with Gasteiger partial charge in [-0.3, -0.25) is 4.72 Å². The van der Waals surface area contributed by atoms with Crippen molar-refractivity contribution in [3.63, 3.8) is 0 Å². The molecule has 0 bridgehead atoms. The number of carbonyl (C=O) groups is 1. The summed E-state index contributed by atoms with van der Waals surface area (Å²) in [6, 6.07) is 17.0. The Balaban J connectivity index is 1.64. The van der Waals surface area contributed by atoms with E-state index >= 15 is 0 Å². The molecule has 3 N–H and O–H groups in total. The predicted octanol–water partition coefficient (Wildman–Crippen LogP) is 6.11. The number of aryl methyl sites for hydroxylation is 2. The van der Waals surface area contributed by atoms with E-state index in [9.17, 15) is 23.4 Å². The second-order valence-corrected chi connectivity index (χ2v) is 9.75. The molecule has 0 aliphatic heterocycles. The number of aromatic hydroxyl groups is 1. The number of halogens is 1. The number of sulfonamides is 1. The van der Waals surface area contributed by atoms with Crippen LogP contribution in [0.1, 0.15) is 21.5 Å². The SMILES string of the molecule is Cc1cc(Oc2ccc(NS(=O)(=O)c3cc(C(=O)O)c(O)c4ccccc34)cc2)cc(C)c1Cl. The van der Waals surface area contributed by atoms with E-state index in [1.54, 1.807) is 24.3 Å². The van der Waals surface area contributed by atoms with E-state index < -0.39 is 27.3 Å². The van der Waals surface area contributed by atoms with E-state index in [0.717, 1.165) is 17.2 Å². The van der Waals surface area contributed by atoms with Crippen molar-refractivity contribution in [3.05, 3.63) is 88.4 Å². The van der Waals surface area contributed by atoms with Crippen molar-refractivity contribution in [1.29, 1.82) is 0 Å². The van der Waals surface area contributed by atoms with Crippen molar-refractivity contribution in [2.75, 3.05) is 4.72 Å². The molecule has 0 amide bonds. The van der Waals surface area contributed by atoms with E-state index in [4.69, 9.17) is 16.3 Å². The van der Waals surface area contributed by atoms with Crippen LogP contribution in [0.3, 0.4) is 0 Å². The number of hydrogen-bond donors (Lipinski definition) is 3. The van der Waals surface area contributed by atoms with Crippen LogP contribution in [-0.2, 0) is 10.0 Å². The first-order valence-corrected chi connectivity index (χ1v) is 12.0. The predicted molar refractivity (Wildman–Crippen MR) is 131 cm³/mol. The standard InChI is InChI=1S/C25H20ClNO6S/c1-14-11-18(12-15(2)23(14)26)33-17-9-7-16(8-10-17)27-34(31,32)22-13-21(25(29)30)24(28)20-6-4-3-5-19(20)22/h3-13,27-28H,1-2H3,(H,29,30). The Morgan fingerprint density at radius 3 is 2.09 bits per heavy atom. The average molecular weight is 498 g/mol. The van der Waals surface area contributed by atoms with Gasteiger partial charge in [0.2, 0.25) is 0 Å². The van der Waals surface area contributed by atoms with Gasteiger partial charge in [0.15, 0.2) is 0 Å². The Morgan fingerprint density at radius 2 is 1.50 bits per heavy atom. The van der Waals surface area contributed by atoms with Crippen LogP contribution in [0, 0.1) is 13.8 Å². The number of hydrogen-bond acceptors (Lipinski definition) is 5. The van der Waals surface area contributed by atoms with Gasteiger partial charge in [-0.15, -0.1) is 0 Å². The van der Waals surface area contributed by atoms with Crippen LogP contribution in [0.25, 0.3) is 10.8 Å². The maximum Gasteiger partial charge on any atom is 0.339 e. The van der Waals surface area contributed by atoms with Crippen molar-refractivity contribution < 1.29 is 28.2 Å². The highest BCUT2D eigenvalue weighted by Crippen LogP contribution is 2.35. The van der Waals surface area contributed by atoms with Crippen LogP contribution in [0.15, 0.2) is 71.6 Å². The molecular formula is C25H20ClNO6S. The summed E-state index contributed by atoms with van der Waals surface area (Å²) >= 11 is 6.19. The number of anilines is 1. The number of carboxylic acid groups (broad SMARTS) is 1. The van der Waals surface area contributed by atoms with Crippen molar-refractivity contribution in [1.82, 2.24) is 0 Å². The van der Waals surface area contributed by atoms with Crippen LogP contribution in [0.2, 0.25) is 5.02 Å². The van der Waals surface area contributed by atoms with E-state index in [-0.39, 0.29) is 21.4 Å². The minimum absolute atomic E-state index is 0.125. The molecular weight excluding hydrogens is 478 g/mol. The van der Waals surface area contributed by atoms with E-state index in [0.29, 0.717) is 16.5 Å². The summed E-state index contributed by atoms with van der Waals surface area (Å²) in [7, 11) is -4.18. The van der Waals surface area contributed by atoms with Gasteiger partial charge in [0, 0.05) is 21.5 Å². The first kappa shape index (κ1) is 23.4. The molecule has 0 aliphatic rings. The summed E-state index contributed by atoms with van der Waals surface area (Å²) in [4.78, 5) is 11.3. The summed E-state index contributed by atoms with van der Waals surface area (Å²) < 4.78 is 34.6. The lowest BCUT2D eigenvalue weighted by Gasteiger charge is -2.14. The molecule has 9 heteroatoms. The normalized spacial score (nSPS) is 11.4. The van der Waals surface area contributed by atoms with Gasteiger partial charge in [0.1, 0.15) is 22.8 Å². The topological polar surface area (TPSA) is 113 Å². The molecule has 0 aliphatic carbocycles. The van der Waals surface area contributed by atoms with Crippen LogP contribution in [0.4, 0.5) is 5.69 Å². The van der Waals surface area contributed by atoms with Gasteiger partial charge < -0.3 is 14.9 Å². The third kappa shape index (κ3) is 4.50. The summed E-state index contributed by atoms with van der Waals surface area (Å²) in [5.41, 5.74) is 1.51. The van der Waals surface area contributed by atoms with Crippen LogP contribution >= 0.6 is 11.6 Å². The lowest BCUT2D eigenvalue weighted by molar-refractivity contribution is 0.0693. The molecule has 0 aromatic heterocycles. The fourth-order valence-electron chi connectivity index (χ4n) is 3.61. The van der Waals surface area contributed by atoms with Crippen LogP contribution in [-0.4, -0.2) is 24.6 Å². The van der Waals surface area contributed by atoms with Gasteiger partial charge in [-0.25, -0.2) is 13.2 Å². The number of ether oxygens (including phenoxy) is 1. The van der Waals surface area contributed by atoms with Crippen molar-refractivity contribution in [2.24, 2.45) is 0 Å². The van der Waals surface area contributed by atoms with Crippen LogP contribution < -0.4 is 9.46 Å².